The van der Waals surface area contributed by atoms with Crippen molar-refractivity contribution in [2.24, 2.45) is 7.05 Å². The van der Waals surface area contributed by atoms with E-state index < -0.39 is 0 Å². The Labute approximate surface area is 99.9 Å². The molecule has 0 spiro atoms. The van der Waals surface area contributed by atoms with E-state index in [0.29, 0.717) is 5.92 Å². The summed E-state index contributed by atoms with van der Waals surface area (Å²) in [4.78, 5) is 15.3. The monoisotopic (exact) mass is 232 g/mol. The third-order valence-corrected chi connectivity index (χ3v) is 3.09. The van der Waals surface area contributed by atoms with Crippen LogP contribution in [0.25, 0.3) is 10.9 Å². The molecule has 4 nitrogen and oxygen atoms in total. The van der Waals surface area contributed by atoms with Gasteiger partial charge in [-0.2, -0.15) is 0 Å². The zero-order chi connectivity index (χ0) is 12.4. The molecule has 0 radical (unpaired) electrons. The first kappa shape index (κ1) is 11.8. The number of aliphatic hydroxyl groups excluding tert-OH is 1. The number of aromatic nitrogens is 2. The van der Waals surface area contributed by atoms with E-state index in [9.17, 15) is 4.79 Å². The standard InChI is InChI=1S/C12H12N2O.CH4O/c1-14-10(7-15)6-9-4-5-13-11(12(9)14)8-2-3-8;1-2/h4-8H,2-3H2,1H3;2H,1H3. The number of pyridine rings is 1. The Bertz CT molecular complexity index is 542. The van der Waals surface area contributed by atoms with Gasteiger partial charge in [0, 0.05) is 31.7 Å². The highest BCUT2D eigenvalue weighted by atomic mass is 16.2. The Morgan fingerprint density at radius 3 is 2.76 bits per heavy atom. The van der Waals surface area contributed by atoms with Gasteiger partial charge in [-0.05, 0) is 25.0 Å². The molecule has 2 aromatic rings. The summed E-state index contributed by atoms with van der Waals surface area (Å²) in [6.07, 6.45) is 5.20. The van der Waals surface area contributed by atoms with Crippen LogP contribution in [0.1, 0.15) is 34.9 Å². The second kappa shape index (κ2) is 4.67. The van der Waals surface area contributed by atoms with E-state index in [2.05, 4.69) is 4.98 Å². The molecule has 0 bridgehead atoms. The lowest BCUT2D eigenvalue weighted by Gasteiger charge is -2.03. The second-order valence-electron chi connectivity index (χ2n) is 4.15. The minimum absolute atomic E-state index is 0.613. The average Bonchev–Trinajstić information content (AvgIpc) is 3.17. The molecule has 90 valence electrons. The number of carbonyl (C=O) groups excluding carboxylic acids is 1. The Balaban J connectivity index is 0.000000514. The summed E-state index contributed by atoms with van der Waals surface area (Å²) in [6, 6.07) is 3.89. The van der Waals surface area contributed by atoms with Gasteiger partial charge in [-0.3, -0.25) is 9.78 Å². The second-order valence-corrected chi connectivity index (χ2v) is 4.15. The highest BCUT2D eigenvalue weighted by Crippen LogP contribution is 2.42. The molecule has 0 atom stereocenters. The van der Waals surface area contributed by atoms with Crippen LogP contribution in [0.5, 0.6) is 0 Å². The minimum atomic E-state index is 0.613. The Morgan fingerprint density at radius 2 is 2.18 bits per heavy atom. The maximum Gasteiger partial charge on any atom is 0.166 e. The van der Waals surface area contributed by atoms with Crippen molar-refractivity contribution in [3.63, 3.8) is 0 Å². The van der Waals surface area contributed by atoms with E-state index in [1.54, 1.807) is 0 Å². The van der Waals surface area contributed by atoms with Gasteiger partial charge in [-0.1, -0.05) is 0 Å². The predicted octanol–water partition coefficient (Wildman–Crippen LogP) is 1.87. The van der Waals surface area contributed by atoms with Crippen molar-refractivity contribution in [3.05, 3.63) is 29.7 Å². The summed E-state index contributed by atoms with van der Waals surface area (Å²) >= 11 is 0. The van der Waals surface area contributed by atoms with Gasteiger partial charge >= 0.3 is 0 Å². The molecule has 17 heavy (non-hydrogen) atoms. The molecule has 1 aliphatic rings. The lowest BCUT2D eigenvalue weighted by molar-refractivity contribution is 0.111. The number of aliphatic hydroxyl groups is 1. The van der Waals surface area contributed by atoms with Gasteiger partial charge in [0.2, 0.25) is 0 Å². The number of nitrogens with zero attached hydrogens (tertiary/aromatic N) is 2. The van der Waals surface area contributed by atoms with Crippen molar-refractivity contribution < 1.29 is 9.90 Å². The summed E-state index contributed by atoms with van der Waals surface area (Å²) in [5.74, 6) is 0.613. The highest BCUT2D eigenvalue weighted by molar-refractivity contribution is 5.90. The molecule has 3 rings (SSSR count). The molecule has 0 saturated heterocycles. The summed E-state index contributed by atoms with van der Waals surface area (Å²) in [6.45, 7) is 0. The topological polar surface area (TPSA) is 55.1 Å². The number of hydrogen-bond donors (Lipinski definition) is 1. The number of aryl methyl sites for hydroxylation is 1. The van der Waals surface area contributed by atoms with E-state index in [0.717, 1.165) is 35.7 Å². The summed E-state index contributed by atoms with van der Waals surface area (Å²) in [5.41, 5.74) is 3.00. The minimum Gasteiger partial charge on any atom is -0.400 e. The maximum absolute atomic E-state index is 10.9. The highest BCUT2D eigenvalue weighted by Gasteiger charge is 2.28. The van der Waals surface area contributed by atoms with Crippen LogP contribution in [0, 0.1) is 0 Å². The van der Waals surface area contributed by atoms with Gasteiger partial charge in [0.25, 0.3) is 0 Å². The van der Waals surface area contributed by atoms with Crippen LogP contribution in [0.2, 0.25) is 0 Å². The van der Waals surface area contributed by atoms with Crippen LogP contribution in [0.4, 0.5) is 0 Å². The van der Waals surface area contributed by atoms with Crippen molar-refractivity contribution >= 4 is 17.2 Å². The molecular formula is C13H16N2O2. The summed E-state index contributed by atoms with van der Waals surface area (Å²) < 4.78 is 1.95. The molecule has 4 heteroatoms. The number of fused-ring (bicyclic) bond motifs is 1. The molecule has 2 heterocycles. The molecule has 0 unspecified atom stereocenters. The quantitative estimate of drug-likeness (QED) is 0.804. The molecule has 1 aliphatic carbocycles. The first-order valence-corrected chi connectivity index (χ1v) is 5.65. The molecule has 1 N–H and O–H groups in total. The lowest BCUT2D eigenvalue weighted by Crippen LogP contribution is -1.97. The first-order chi connectivity index (χ1) is 8.31. The predicted molar refractivity (Wildman–Crippen MR) is 66.2 cm³/mol. The van der Waals surface area contributed by atoms with Crippen LogP contribution in [0.3, 0.4) is 0 Å². The van der Waals surface area contributed by atoms with Crippen molar-refractivity contribution in [2.75, 3.05) is 7.11 Å². The van der Waals surface area contributed by atoms with Crippen molar-refractivity contribution in [1.29, 1.82) is 0 Å². The van der Waals surface area contributed by atoms with Gasteiger partial charge in [0.05, 0.1) is 16.9 Å². The van der Waals surface area contributed by atoms with Crippen LogP contribution in [-0.4, -0.2) is 28.1 Å². The van der Waals surface area contributed by atoms with Crippen molar-refractivity contribution in [1.82, 2.24) is 9.55 Å². The van der Waals surface area contributed by atoms with Gasteiger partial charge < -0.3 is 9.67 Å². The lowest BCUT2D eigenvalue weighted by atomic mass is 10.2. The van der Waals surface area contributed by atoms with Gasteiger partial charge in [0.15, 0.2) is 6.29 Å². The molecule has 0 aliphatic heterocycles. The molecule has 1 fully saturated rings. The largest absolute Gasteiger partial charge is 0.400 e. The fraction of sp³-hybridized carbons (Fsp3) is 0.385. The fourth-order valence-electron chi connectivity index (χ4n) is 2.12. The fourth-order valence-corrected chi connectivity index (χ4v) is 2.12. The Kier molecular flexibility index (Phi) is 3.24. The third-order valence-electron chi connectivity index (χ3n) is 3.09. The SMILES string of the molecule is CO.Cn1c(C=O)cc2ccnc(C3CC3)c21. The van der Waals surface area contributed by atoms with Crippen LogP contribution in [-0.2, 0) is 7.05 Å². The Morgan fingerprint density at radius 1 is 1.47 bits per heavy atom. The number of hydrogen-bond acceptors (Lipinski definition) is 3. The zero-order valence-corrected chi connectivity index (χ0v) is 10.1. The van der Waals surface area contributed by atoms with Crippen LogP contribution < -0.4 is 0 Å². The summed E-state index contributed by atoms with van der Waals surface area (Å²) in [7, 11) is 2.93. The normalized spacial score (nSPS) is 14.3. The molecule has 1 saturated carbocycles. The van der Waals surface area contributed by atoms with E-state index in [-0.39, 0.29) is 0 Å². The average molecular weight is 232 g/mol. The number of aldehydes is 1. The van der Waals surface area contributed by atoms with E-state index in [4.69, 9.17) is 5.11 Å². The van der Waals surface area contributed by atoms with Gasteiger partial charge in [-0.25, -0.2) is 0 Å². The van der Waals surface area contributed by atoms with Crippen LogP contribution >= 0.6 is 0 Å². The first-order valence-electron chi connectivity index (χ1n) is 5.65. The van der Waals surface area contributed by atoms with E-state index >= 15 is 0 Å². The van der Waals surface area contributed by atoms with Gasteiger partial charge in [-0.15, -0.1) is 0 Å². The number of rotatable bonds is 2. The summed E-state index contributed by atoms with van der Waals surface area (Å²) in [5, 5.41) is 8.12. The molecule has 2 aromatic heterocycles. The van der Waals surface area contributed by atoms with E-state index in [1.807, 2.05) is 29.9 Å². The van der Waals surface area contributed by atoms with Crippen molar-refractivity contribution in [2.45, 2.75) is 18.8 Å². The molecule has 0 aromatic carbocycles. The van der Waals surface area contributed by atoms with Gasteiger partial charge in [0.1, 0.15) is 0 Å². The third kappa shape index (κ3) is 1.96. The zero-order valence-electron chi connectivity index (χ0n) is 10.1. The Hall–Kier alpha value is -1.68. The maximum atomic E-state index is 10.9. The molecule has 0 amide bonds. The van der Waals surface area contributed by atoms with Crippen molar-refractivity contribution in [3.8, 4) is 0 Å². The van der Waals surface area contributed by atoms with Crippen LogP contribution in [0.15, 0.2) is 18.3 Å². The molecular weight excluding hydrogens is 216 g/mol. The smallest absolute Gasteiger partial charge is 0.166 e. The number of carbonyl (C=O) groups is 1. The van der Waals surface area contributed by atoms with E-state index in [1.165, 1.54) is 12.8 Å².